The molecule has 0 radical (unpaired) electrons. The van der Waals surface area contributed by atoms with Crippen LogP contribution in [0.4, 0.5) is 0 Å². The molecule has 10 atom stereocenters. The number of hydrogen-bond donors (Lipinski definition) is 2. The summed E-state index contributed by atoms with van der Waals surface area (Å²) in [6, 6.07) is 18.9. The van der Waals surface area contributed by atoms with Crippen LogP contribution < -0.4 is 10.6 Å². The molecule has 0 unspecified atom stereocenters. The molecule has 3 aromatic rings. The summed E-state index contributed by atoms with van der Waals surface area (Å²) in [6.07, 6.45) is -12.8. The van der Waals surface area contributed by atoms with Crippen molar-refractivity contribution in [1.29, 1.82) is 0 Å². The van der Waals surface area contributed by atoms with Gasteiger partial charge >= 0.3 is 23.9 Å². The highest BCUT2D eigenvalue weighted by Crippen LogP contribution is 2.36. The SMILES string of the molecule is CC(=O)OC[C@H]1O[C@H](O[C@H]2[C@@H](OC(C)=O)[C@@H](NC(=O)C(Cl)(Cl)Cl)[C@@H](OCc3ccc4ccccc4c3)O[C@@H]2COCc2ccccc2)[C@@H](NC(=O)C(Cl)(Cl)Cl)[C@H](OC(C)=O)[C@@H]1OC(C)=O. The normalized spacial score (nSPS) is 25.8. The second-order valence-electron chi connectivity index (χ2n) is 14.7. The fourth-order valence-corrected chi connectivity index (χ4v) is 7.32. The van der Waals surface area contributed by atoms with E-state index in [0.29, 0.717) is 5.56 Å². The lowest BCUT2D eigenvalue weighted by Crippen LogP contribution is -2.71. The molecular formula is C42H44Cl6N2O15. The minimum atomic E-state index is -2.64. The summed E-state index contributed by atoms with van der Waals surface area (Å²) in [4.78, 5) is 77.2. The Bertz CT molecular complexity index is 2160. The zero-order valence-electron chi connectivity index (χ0n) is 34.9. The molecule has 354 valence electrons. The summed E-state index contributed by atoms with van der Waals surface area (Å²) in [5.74, 6) is -6.00. The molecular weight excluding hydrogens is 985 g/mol. The van der Waals surface area contributed by atoms with Crippen LogP contribution in [0.2, 0.25) is 0 Å². The van der Waals surface area contributed by atoms with Crippen LogP contribution in [0.5, 0.6) is 0 Å². The highest BCUT2D eigenvalue weighted by atomic mass is 35.6. The molecule has 0 aromatic heterocycles. The molecule has 2 saturated heterocycles. The second-order valence-corrected chi connectivity index (χ2v) is 19.3. The monoisotopic (exact) mass is 1030 g/mol. The number of carbonyl (C=O) groups is 6. The van der Waals surface area contributed by atoms with E-state index >= 15 is 0 Å². The van der Waals surface area contributed by atoms with Gasteiger partial charge in [-0.15, -0.1) is 0 Å². The van der Waals surface area contributed by atoms with E-state index in [2.05, 4.69) is 10.6 Å². The van der Waals surface area contributed by atoms with Crippen molar-refractivity contribution in [3.8, 4) is 0 Å². The Hall–Kier alpha value is -3.72. The first-order valence-electron chi connectivity index (χ1n) is 19.7. The Morgan fingerprint density at radius 3 is 1.63 bits per heavy atom. The summed E-state index contributed by atoms with van der Waals surface area (Å²) in [6.45, 7) is 3.18. The Kier molecular flexibility index (Phi) is 18.8. The Morgan fingerprint density at radius 1 is 0.554 bits per heavy atom. The number of rotatable bonds is 16. The standard InChI is InChI=1S/C42H44Cl6N2O15/c1-21(51)58-20-30-33(60-22(2)52)36(62-24(4)54)32(50-40(56)42(46,47)48)38(64-30)65-34-29(19-57-17-25-10-6-5-7-11-25)63-37(31(35(34)61-23(3)53)49-39(55)41(43,44)45)59-18-26-14-15-27-12-8-9-13-28(27)16-26/h5-16,29-38H,17-20H2,1-4H3,(H,49,55)(H,50,56)/t29-,30-,31-,32+,33-,34-,35+,36+,37+,38-/m1/s1. The van der Waals surface area contributed by atoms with Crippen molar-refractivity contribution in [3.05, 3.63) is 83.9 Å². The maximum Gasteiger partial charge on any atom is 0.303 e. The average Bonchev–Trinajstić information content (AvgIpc) is 3.22. The summed E-state index contributed by atoms with van der Waals surface area (Å²) >= 11 is 36.0. The number of esters is 4. The molecule has 0 bridgehead atoms. The third kappa shape index (κ3) is 15.1. The largest absolute Gasteiger partial charge is 0.463 e. The molecule has 17 nitrogen and oxygen atoms in total. The van der Waals surface area contributed by atoms with E-state index in [-0.39, 0.29) is 19.8 Å². The summed E-state index contributed by atoms with van der Waals surface area (Å²) < 4.78 is 48.9. The molecule has 2 amide bonds. The van der Waals surface area contributed by atoms with Crippen LogP contribution in [0.25, 0.3) is 10.8 Å². The van der Waals surface area contributed by atoms with Gasteiger partial charge in [-0.1, -0.05) is 136 Å². The number of benzene rings is 3. The van der Waals surface area contributed by atoms with Crippen LogP contribution in [0.3, 0.4) is 0 Å². The van der Waals surface area contributed by atoms with E-state index < -0.39 is 111 Å². The molecule has 3 aromatic carbocycles. The minimum absolute atomic E-state index is 0.0343. The topological polar surface area (TPSA) is 210 Å². The van der Waals surface area contributed by atoms with Gasteiger partial charge in [-0.3, -0.25) is 28.8 Å². The van der Waals surface area contributed by atoms with E-state index in [4.69, 9.17) is 112 Å². The lowest BCUT2D eigenvalue weighted by Gasteiger charge is -2.50. The predicted octanol–water partition coefficient (Wildman–Crippen LogP) is 5.48. The fraction of sp³-hybridized carbons (Fsp3) is 0.476. The third-order valence-corrected chi connectivity index (χ3v) is 10.7. The second kappa shape index (κ2) is 23.3. The van der Waals surface area contributed by atoms with Crippen LogP contribution in [0.1, 0.15) is 38.8 Å². The Labute approximate surface area is 403 Å². The highest BCUT2D eigenvalue weighted by molar-refractivity contribution is 6.76. The third-order valence-electron chi connectivity index (χ3n) is 9.67. The van der Waals surface area contributed by atoms with E-state index in [1.165, 1.54) is 0 Å². The molecule has 0 saturated carbocycles. The number of hydrogen-bond acceptors (Lipinski definition) is 15. The molecule has 0 spiro atoms. The summed E-state index contributed by atoms with van der Waals surface area (Å²) in [7, 11) is 0. The molecule has 2 aliphatic heterocycles. The molecule has 23 heteroatoms. The highest BCUT2D eigenvalue weighted by Gasteiger charge is 2.57. The molecule has 2 fully saturated rings. The van der Waals surface area contributed by atoms with Crippen molar-refractivity contribution in [2.24, 2.45) is 0 Å². The maximum absolute atomic E-state index is 13.5. The molecule has 0 aliphatic carbocycles. The quantitative estimate of drug-likeness (QED) is 0.104. The lowest BCUT2D eigenvalue weighted by molar-refractivity contribution is -0.336. The van der Waals surface area contributed by atoms with Gasteiger partial charge in [0.15, 0.2) is 30.9 Å². The fourth-order valence-electron chi connectivity index (χ4n) is 7.00. The number of ether oxygens (including phenoxy) is 9. The van der Waals surface area contributed by atoms with Gasteiger partial charge in [0.1, 0.15) is 37.0 Å². The average molecular weight is 1030 g/mol. The lowest BCUT2D eigenvalue weighted by atomic mass is 9.93. The molecule has 65 heavy (non-hydrogen) atoms. The van der Waals surface area contributed by atoms with E-state index in [1.807, 2.05) is 48.5 Å². The summed E-state index contributed by atoms with van der Waals surface area (Å²) in [5, 5.41) is 6.81. The number of carbonyl (C=O) groups excluding carboxylic acids is 6. The first kappa shape index (κ1) is 52.3. The van der Waals surface area contributed by atoms with Crippen LogP contribution in [0.15, 0.2) is 72.8 Å². The first-order valence-corrected chi connectivity index (χ1v) is 21.9. The number of nitrogens with one attached hydrogen (secondary N) is 2. The van der Waals surface area contributed by atoms with Gasteiger partial charge in [0.25, 0.3) is 19.4 Å². The predicted molar refractivity (Wildman–Crippen MR) is 235 cm³/mol. The van der Waals surface area contributed by atoms with Crippen LogP contribution >= 0.6 is 69.6 Å². The zero-order chi connectivity index (χ0) is 47.6. The van der Waals surface area contributed by atoms with E-state index in [1.54, 1.807) is 24.3 Å². The molecule has 5 rings (SSSR count). The van der Waals surface area contributed by atoms with Gasteiger partial charge in [-0.25, -0.2) is 0 Å². The number of amides is 2. The van der Waals surface area contributed by atoms with Crippen molar-refractivity contribution in [1.82, 2.24) is 10.6 Å². The van der Waals surface area contributed by atoms with E-state index in [0.717, 1.165) is 44.0 Å². The van der Waals surface area contributed by atoms with Crippen molar-refractivity contribution >= 4 is 116 Å². The van der Waals surface area contributed by atoms with Gasteiger partial charge in [0, 0.05) is 27.7 Å². The number of fused-ring (bicyclic) bond motifs is 1. The maximum atomic E-state index is 13.5. The van der Waals surface area contributed by atoms with Gasteiger partial charge in [-0.05, 0) is 28.0 Å². The van der Waals surface area contributed by atoms with Gasteiger partial charge in [0.05, 0.1) is 19.8 Å². The zero-order valence-corrected chi connectivity index (χ0v) is 39.5. The van der Waals surface area contributed by atoms with Crippen molar-refractivity contribution < 1.29 is 71.4 Å². The van der Waals surface area contributed by atoms with Crippen LogP contribution in [-0.2, 0) is 84.6 Å². The Balaban J connectivity index is 1.63. The van der Waals surface area contributed by atoms with Gasteiger partial charge < -0.3 is 53.3 Å². The Morgan fingerprint density at radius 2 is 1.06 bits per heavy atom. The van der Waals surface area contributed by atoms with Crippen molar-refractivity contribution in [3.63, 3.8) is 0 Å². The first-order chi connectivity index (χ1) is 30.6. The molecule has 2 heterocycles. The van der Waals surface area contributed by atoms with E-state index in [9.17, 15) is 28.8 Å². The van der Waals surface area contributed by atoms with Gasteiger partial charge in [0.2, 0.25) is 0 Å². The number of halogens is 6. The number of alkyl halides is 6. The molecule has 2 N–H and O–H groups in total. The smallest absolute Gasteiger partial charge is 0.303 e. The van der Waals surface area contributed by atoms with Crippen molar-refractivity contribution in [2.75, 3.05) is 13.2 Å². The van der Waals surface area contributed by atoms with Gasteiger partial charge in [-0.2, -0.15) is 0 Å². The van der Waals surface area contributed by atoms with Crippen LogP contribution in [0, 0.1) is 0 Å². The summed E-state index contributed by atoms with van der Waals surface area (Å²) in [5.41, 5.74) is 1.44. The molecule has 2 aliphatic rings. The minimum Gasteiger partial charge on any atom is -0.463 e. The van der Waals surface area contributed by atoms with Crippen LogP contribution in [-0.4, -0.2) is 118 Å². The van der Waals surface area contributed by atoms with Crippen molar-refractivity contribution in [2.45, 2.75) is 110 Å².